The SMILES string of the molecule is Clc1ccccc1Sc1nnnn1-c1ccccc1. The number of tetrazole rings is 1. The maximum atomic E-state index is 6.14. The minimum absolute atomic E-state index is 0.680. The number of aromatic nitrogens is 4. The number of para-hydroxylation sites is 1. The van der Waals surface area contributed by atoms with Crippen LogP contribution in [0.2, 0.25) is 5.02 Å². The highest BCUT2D eigenvalue weighted by Gasteiger charge is 2.11. The van der Waals surface area contributed by atoms with Crippen molar-refractivity contribution in [1.29, 1.82) is 0 Å². The number of halogens is 1. The predicted octanol–water partition coefficient (Wildman–Crippen LogP) is 3.47. The van der Waals surface area contributed by atoms with Crippen LogP contribution in [0.5, 0.6) is 0 Å². The molecule has 0 aliphatic carbocycles. The fourth-order valence-corrected chi connectivity index (χ4v) is 2.67. The van der Waals surface area contributed by atoms with Gasteiger partial charge in [0.1, 0.15) is 0 Å². The number of hydrogen-bond donors (Lipinski definition) is 0. The van der Waals surface area contributed by atoms with Gasteiger partial charge in [-0.2, -0.15) is 4.68 Å². The molecule has 19 heavy (non-hydrogen) atoms. The molecule has 0 saturated carbocycles. The third-order valence-corrected chi connectivity index (χ3v) is 3.93. The highest BCUT2D eigenvalue weighted by molar-refractivity contribution is 7.99. The Kier molecular flexibility index (Phi) is 3.48. The highest BCUT2D eigenvalue weighted by atomic mass is 35.5. The van der Waals surface area contributed by atoms with Gasteiger partial charge >= 0.3 is 0 Å². The number of rotatable bonds is 3. The Labute approximate surface area is 119 Å². The fourth-order valence-electron chi connectivity index (χ4n) is 1.60. The Balaban J connectivity index is 1.96. The van der Waals surface area contributed by atoms with Crippen molar-refractivity contribution in [2.45, 2.75) is 10.1 Å². The molecule has 94 valence electrons. The van der Waals surface area contributed by atoms with Crippen molar-refractivity contribution in [2.75, 3.05) is 0 Å². The molecule has 1 heterocycles. The summed E-state index contributed by atoms with van der Waals surface area (Å²) in [5, 5.41) is 13.1. The number of benzene rings is 2. The van der Waals surface area contributed by atoms with Crippen LogP contribution in [0.4, 0.5) is 0 Å². The van der Waals surface area contributed by atoms with Gasteiger partial charge in [-0.25, -0.2) is 0 Å². The smallest absolute Gasteiger partial charge is 0.187 e. The molecule has 0 aliphatic rings. The lowest BCUT2D eigenvalue weighted by molar-refractivity contribution is 0.756. The molecule has 0 N–H and O–H groups in total. The standard InChI is InChI=1S/C13H9ClN4S/c14-11-8-4-5-9-12(11)19-13-15-16-17-18(13)10-6-2-1-3-7-10/h1-9H. The first-order chi connectivity index (χ1) is 9.34. The van der Waals surface area contributed by atoms with E-state index in [1.807, 2.05) is 54.6 Å². The number of nitrogens with zero attached hydrogens (tertiary/aromatic N) is 4. The van der Waals surface area contributed by atoms with Gasteiger partial charge in [0.05, 0.1) is 10.7 Å². The molecule has 0 fully saturated rings. The predicted molar refractivity (Wildman–Crippen MR) is 74.7 cm³/mol. The molecule has 0 atom stereocenters. The molecule has 2 aromatic carbocycles. The molecular weight excluding hydrogens is 280 g/mol. The zero-order valence-electron chi connectivity index (χ0n) is 9.77. The quantitative estimate of drug-likeness (QED) is 0.740. The van der Waals surface area contributed by atoms with Gasteiger partial charge in [0.2, 0.25) is 5.16 Å². The highest BCUT2D eigenvalue weighted by Crippen LogP contribution is 2.32. The van der Waals surface area contributed by atoms with Crippen LogP contribution in [-0.4, -0.2) is 20.2 Å². The fraction of sp³-hybridized carbons (Fsp3) is 0. The Morgan fingerprint density at radius 1 is 0.947 bits per heavy atom. The summed E-state index contributed by atoms with van der Waals surface area (Å²) in [5.41, 5.74) is 0.919. The van der Waals surface area contributed by atoms with Gasteiger partial charge in [-0.05, 0) is 46.5 Å². The van der Waals surface area contributed by atoms with Gasteiger partial charge in [0.25, 0.3) is 0 Å². The van der Waals surface area contributed by atoms with E-state index in [0.29, 0.717) is 10.2 Å². The normalized spacial score (nSPS) is 10.6. The summed E-state index contributed by atoms with van der Waals surface area (Å²) in [5.74, 6) is 0. The lowest BCUT2D eigenvalue weighted by atomic mass is 10.3. The first-order valence-corrected chi connectivity index (χ1v) is 6.80. The van der Waals surface area contributed by atoms with E-state index in [-0.39, 0.29) is 0 Å². The first kappa shape index (κ1) is 12.2. The summed E-state index contributed by atoms with van der Waals surface area (Å²) in [4.78, 5) is 0.927. The topological polar surface area (TPSA) is 43.6 Å². The van der Waals surface area contributed by atoms with E-state index in [2.05, 4.69) is 15.5 Å². The third-order valence-electron chi connectivity index (χ3n) is 2.48. The van der Waals surface area contributed by atoms with Crippen molar-refractivity contribution in [2.24, 2.45) is 0 Å². The second kappa shape index (κ2) is 5.42. The van der Waals surface area contributed by atoms with Crippen LogP contribution in [0, 0.1) is 0 Å². The van der Waals surface area contributed by atoms with Crippen LogP contribution in [0.1, 0.15) is 0 Å². The molecule has 0 unspecified atom stereocenters. The number of hydrogen-bond acceptors (Lipinski definition) is 4. The summed E-state index contributed by atoms with van der Waals surface area (Å²) >= 11 is 7.58. The van der Waals surface area contributed by atoms with E-state index in [0.717, 1.165) is 10.6 Å². The summed E-state index contributed by atoms with van der Waals surface area (Å²) in [6, 6.07) is 17.4. The Hall–Kier alpha value is -1.85. The van der Waals surface area contributed by atoms with Gasteiger partial charge in [0.15, 0.2) is 0 Å². The first-order valence-electron chi connectivity index (χ1n) is 5.61. The van der Waals surface area contributed by atoms with Gasteiger partial charge in [-0.3, -0.25) is 0 Å². The van der Waals surface area contributed by atoms with Crippen LogP contribution < -0.4 is 0 Å². The molecule has 0 saturated heterocycles. The second-order valence-corrected chi connectivity index (χ2v) is 5.16. The summed E-state index contributed by atoms with van der Waals surface area (Å²) in [6.07, 6.45) is 0. The maximum absolute atomic E-state index is 6.14. The van der Waals surface area contributed by atoms with Crippen molar-refractivity contribution < 1.29 is 0 Å². The largest absolute Gasteiger partial charge is 0.218 e. The van der Waals surface area contributed by atoms with Crippen molar-refractivity contribution in [3.63, 3.8) is 0 Å². The van der Waals surface area contributed by atoms with Gasteiger partial charge in [-0.1, -0.05) is 41.9 Å². The van der Waals surface area contributed by atoms with Crippen molar-refractivity contribution in [1.82, 2.24) is 20.2 Å². The van der Waals surface area contributed by atoms with Crippen LogP contribution in [0.3, 0.4) is 0 Å². The summed E-state index contributed by atoms with van der Waals surface area (Å²) in [7, 11) is 0. The molecule has 0 spiro atoms. The van der Waals surface area contributed by atoms with E-state index >= 15 is 0 Å². The Morgan fingerprint density at radius 2 is 1.68 bits per heavy atom. The monoisotopic (exact) mass is 288 g/mol. The van der Waals surface area contributed by atoms with E-state index in [9.17, 15) is 0 Å². The molecular formula is C13H9ClN4S. The minimum Gasteiger partial charge on any atom is -0.187 e. The van der Waals surface area contributed by atoms with Crippen LogP contribution in [0.15, 0.2) is 64.6 Å². The Bertz CT molecular complexity index is 684. The van der Waals surface area contributed by atoms with Crippen molar-refractivity contribution >= 4 is 23.4 Å². The van der Waals surface area contributed by atoms with Crippen molar-refractivity contribution in [3.05, 3.63) is 59.6 Å². The Morgan fingerprint density at radius 3 is 2.47 bits per heavy atom. The lowest BCUT2D eigenvalue weighted by Gasteiger charge is -2.04. The molecule has 0 aliphatic heterocycles. The molecule has 0 amide bonds. The average Bonchev–Trinajstić information content (AvgIpc) is 2.91. The molecule has 4 nitrogen and oxygen atoms in total. The van der Waals surface area contributed by atoms with Crippen LogP contribution in [-0.2, 0) is 0 Å². The lowest BCUT2D eigenvalue weighted by Crippen LogP contribution is -1.98. The maximum Gasteiger partial charge on any atom is 0.218 e. The van der Waals surface area contributed by atoms with Gasteiger partial charge < -0.3 is 0 Å². The average molecular weight is 289 g/mol. The molecule has 3 aromatic rings. The van der Waals surface area contributed by atoms with E-state index in [4.69, 9.17) is 11.6 Å². The third kappa shape index (κ3) is 2.62. The zero-order valence-corrected chi connectivity index (χ0v) is 11.3. The van der Waals surface area contributed by atoms with Gasteiger partial charge in [-0.15, -0.1) is 5.10 Å². The molecule has 6 heteroatoms. The van der Waals surface area contributed by atoms with E-state index in [1.165, 1.54) is 11.8 Å². The van der Waals surface area contributed by atoms with Crippen LogP contribution >= 0.6 is 23.4 Å². The molecule has 0 bridgehead atoms. The van der Waals surface area contributed by atoms with Crippen LogP contribution in [0.25, 0.3) is 5.69 Å². The van der Waals surface area contributed by atoms with Crippen molar-refractivity contribution in [3.8, 4) is 5.69 Å². The second-order valence-electron chi connectivity index (χ2n) is 3.74. The van der Waals surface area contributed by atoms with E-state index in [1.54, 1.807) is 4.68 Å². The summed E-state index contributed by atoms with van der Waals surface area (Å²) < 4.78 is 1.69. The molecule has 1 aromatic heterocycles. The van der Waals surface area contributed by atoms with E-state index < -0.39 is 0 Å². The van der Waals surface area contributed by atoms with Gasteiger partial charge in [0, 0.05) is 4.90 Å². The zero-order chi connectivity index (χ0) is 13.1. The molecule has 0 radical (unpaired) electrons. The molecule has 3 rings (SSSR count). The summed E-state index contributed by atoms with van der Waals surface area (Å²) in [6.45, 7) is 0. The minimum atomic E-state index is 0.680.